The number of thiophene rings is 1. The summed E-state index contributed by atoms with van der Waals surface area (Å²) in [5.41, 5.74) is 1.80. The fraction of sp³-hybridized carbons (Fsp3) is 0.333. The van der Waals surface area contributed by atoms with Crippen LogP contribution in [-0.2, 0) is 11.3 Å². The number of aromatic nitrogens is 2. The lowest BCUT2D eigenvalue weighted by molar-refractivity contribution is 0.0909. The van der Waals surface area contributed by atoms with E-state index in [2.05, 4.69) is 10.4 Å². The van der Waals surface area contributed by atoms with Crippen molar-refractivity contribution >= 4 is 50.7 Å². The van der Waals surface area contributed by atoms with Crippen molar-refractivity contribution in [3.05, 3.63) is 50.4 Å². The van der Waals surface area contributed by atoms with Gasteiger partial charge in [0.1, 0.15) is 4.83 Å². The third-order valence-corrected chi connectivity index (χ3v) is 5.69. The zero-order valence-corrected chi connectivity index (χ0v) is 17.0. The smallest absolute Gasteiger partial charge is 0.261 e. The van der Waals surface area contributed by atoms with Gasteiger partial charge in [0.2, 0.25) is 0 Å². The zero-order valence-electron chi connectivity index (χ0n) is 14.7. The molecule has 3 rings (SSSR count). The first kappa shape index (κ1) is 19.2. The molecule has 1 amide bonds. The van der Waals surface area contributed by atoms with Gasteiger partial charge < -0.3 is 10.1 Å². The number of fused-ring (bicyclic) bond motifs is 1. The lowest BCUT2D eigenvalue weighted by atomic mass is 10.2. The van der Waals surface area contributed by atoms with Crippen LogP contribution in [0, 0.1) is 6.92 Å². The first-order chi connectivity index (χ1) is 12.4. The molecule has 0 unspecified atom stereocenters. The number of nitrogens with zero attached hydrogens (tertiary/aromatic N) is 2. The molecule has 5 nitrogen and oxygen atoms in total. The summed E-state index contributed by atoms with van der Waals surface area (Å²) in [5, 5.41) is 9.69. The maximum Gasteiger partial charge on any atom is 0.261 e. The van der Waals surface area contributed by atoms with Crippen LogP contribution >= 0.6 is 34.5 Å². The number of hydrogen-bond acceptors (Lipinski definition) is 4. The fourth-order valence-electron chi connectivity index (χ4n) is 2.73. The van der Waals surface area contributed by atoms with Gasteiger partial charge in [-0.15, -0.1) is 11.3 Å². The third kappa shape index (κ3) is 4.04. The average Bonchev–Trinajstić information content (AvgIpc) is 3.12. The quantitative estimate of drug-likeness (QED) is 0.648. The second-order valence-electron chi connectivity index (χ2n) is 6.14. The maximum atomic E-state index is 12.4. The van der Waals surface area contributed by atoms with Crippen LogP contribution in [0.3, 0.4) is 0 Å². The SMILES string of the molecule is COC[C@H](C)NC(=O)c1cc2c(C)nn(Cc3ccc(Cl)cc3Cl)c2s1. The van der Waals surface area contributed by atoms with E-state index in [9.17, 15) is 4.79 Å². The summed E-state index contributed by atoms with van der Waals surface area (Å²) < 4.78 is 6.94. The second kappa shape index (κ2) is 7.96. The second-order valence-corrected chi connectivity index (χ2v) is 8.01. The van der Waals surface area contributed by atoms with Crippen molar-refractivity contribution in [2.24, 2.45) is 0 Å². The minimum absolute atomic E-state index is 0.0526. The number of hydrogen-bond donors (Lipinski definition) is 1. The van der Waals surface area contributed by atoms with Crippen LogP contribution in [0.4, 0.5) is 0 Å². The Balaban J connectivity index is 1.88. The molecule has 2 heterocycles. The molecule has 1 N–H and O–H groups in total. The minimum Gasteiger partial charge on any atom is -0.383 e. The number of halogens is 2. The van der Waals surface area contributed by atoms with Crippen LogP contribution in [0.1, 0.15) is 27.9 Å². The largest absolute Gasteiger partial charge is 0.383 e. The molecule has 1 aromatic carbocycles. The summed E-state index contributed by atoms with van der Waals surface area (Å²) in [4.78, 5) is 14.0. The Morgan fingerprint density at radius 3 is 2.85 bits per heavy atom. The standard InChI is InChI=1S/C18H19Cl2N3O2S/c1-10(9-25-3)21-17(24)16-7-14-11(2)22-23(18(14)26-16)8-12-4-5-13(19)6-15(12)20/h4-7,10H,8-9H2,1-3H3,(H,21,24)/t10-/m0/s1. The highest BCUT2D eigenvalue weighted by Gasteiger charge is 2.18. The molecule has 0 bridgehead atoms. The van der Waals surface area contributed by atoms with E-state index in [0.29, 0.717) is 28.1 Å². The highest BCUT2D eigenvalue weighted by atomic mass is 35.5. The molecule has 0 saturated heterocycles. The van der Waals surface area contributed by atoms with Crippen molar-refractivity contribution in [1.29, 1.82) is 0 Å². The van der Waals surface area contributed by atoms with Gasteiger partial charge in [0.05, 0.1) is 23.7 Å². The van der Waals surface area contributed by atoms with Crippen LogP contribution in [0.2, 0.25) is 10.0 Å². The Kier molecular flexibility index (Phi) is 5.87. The van der Waals surface area contributed by atoms with Crippen LogP contribution in [0.5, 0.6) is 0 Å². The van der Waals surface area contributed by atoms with Crippen LogP contribution < -0.4 is 5.32 Å². The van der Waals surface area contributed by atoms with Crippen LogP contribution in [0.25, 0.3) is 10.2 Å². The molecule has 26 heavy (non-hydrogen) atoms. The summed E-state index contributed by atoms with van der Waals surface area (Å²) in [6, 6.07) is 7.25. The van der Waals surface area contributed by atoms with Gasteiger partial charge in [-0.3, -0.25) is 9.48 Å². The molecule has 1 atom stereocenters. The normalized spacial score (nSPS) is 12.5. The summed E-state index contributed by atoms with van der Waals surface area (Å²) >= 11 is 13.7. The number of carbonyl (C=O) groups is 1. The molecule has 0 fully saturated rings. The van der Waals surface area contributed by atoms with Gasteiger partial charge in [-0.25, -0.2) is 0 Å². The topological polar surface area (TPSA) is 56.1 Å². The summed E-state index contributed by atoms with van der Waals surface area (Å²) in [7, 11) is 1.61. The Hall–Kier alpha value is -1.60. The molecule has 0 aliphatic heterocycles. The predicted molar refractivity (Wildman–Crippen MR) is 107 cm³/mol. The first-order valence-corrected chi connectivity index (χ1v) is 9.67. The van der Waals surface area contributed by atoms with E-state index in [-0.39, 0.29) is 11.9 Å². The zero-order chi connectivity index (χ0) is 18.8. The lowest BCUT2D eigenvalue weighted by Crippen LogP contribution is -2.35. The monoisotopic (exact) mass is 411 g/mol. The number of rotatable bonds is 6. The Labute approximate surface area is 165 Å². The number of methoxy groups -OCH3 is 1. The van der Waals surface area contributed by atoms with Crippen molar-refractivity contribution in [2.75, 3.05) is 13.7 Å². The average molecular weight is 412 g/mol. The Morgan fingerprint density at radius 2 is 2.15 bits per heavy atom. The molecule has 0 saturated carbocycles. The van der Waals surface area contributed by atoms with E-state index in [0.717, 1.165) is 21.5 Å². The van der Waals surface area contributed by atoms with Crippen molar-refractivity contribution in [2.45, 2.75) is 26.4 Å². The van der Waals surface area contributed by atoms with E-state index in [4.69, 9.17) is 27.9 Å². The number of nitrogens with one attached hydrogen (secondary N) is 1. The van der Waals surface area contributed by atoms with Crippen molar-refractivity contribution in [3.63, 3.8) is 0 Å². The molecule has 138 valence electrons. The number of ether oxygens (including phenoxy) is 1. The first-order valence-electron chi connectivity index (χ1n) is 8.09. The molecule has 0 spiro atoms. The van der Waals surface area contributed by atoms with E-state index >= 15 is 0 Å². The molecule has 0 aliphatic carbocycles. The molecular formula is C18H19Cl2N3O2S. The Bertz CT molecular complexity index is 951. The number of amides is 1. The van der Waals surface area contributed by atoms with Crippen LogP contribution in [-0.4, -0.2) is 35.4 Å². The molecule has 0 radical (unpaired) electrons. The van der Waals surface area contributed by atoms with Gasteiger partial charge >= 0.3 is 0 Å². The highest BCUT2D eigenvalue weighted by Crippen LogP contribution is 2.30. The molecule has 2 aromatic heterocycles. The predicted octanol–water partition coefficient (Wildman–Crippen LogP) is 4.53. The number of carbonyl (C=O) groups excluding carboxylic acids is 1. The number of benzene rings is 1. The van der Waals surface area contributed by atoms with Crippen LogP contribution in [0.15, 0.2) is 24.3 Å². The Morgan fingerprint density at radius 1 is 1.38 bits per heavy atom. The lowest BCUT2D eigenvalue weighted by Gasteiger charge is -2.11. The van der Waals surface area contributed by atoms with Gasteiger partial charge in [-0.2, -0.15) is 5.10 Å². The van der Waals surface area contributed by atoms with E-state index in [1.54, 1.807) is 19.2 Å². The number of aryl methyl sites for hydroxylation is 1. The van der Waals surface area contributed by atoms with Gasteiger partial charge in [-0.1, -0.05) is 29.3 Å². The van der Waals surface area contributed by atoms with Crippen molar-refractivity contribution in [1.82, 2.24) is 15.1 Å². The molecule has 0 aliphatic rings. The highest BCUT2D eigenvalue weighted by molar-refractivity contribution is 7.20. The molecular weight excluding hydrogens is 393 g/mol. The summed E-state index contributed by atoms with van der Waals surface area (Å²) in [6.07, 6.45) is 0. The van der Waals surface area contributed by atoms with E-state index in [1.807, 2.05) is 30.7 Å². The van der Waals surface area contributed by atoms with E-state index in [1.165, 1.54) is 11.3 Å². The van der Waals surface area contributed by atoms with Crippen molar-refractivity contribution in [3.8, 4) is 0 Å². The third-order valence-electron chi connectivity index (χ3n) is 3.96. The molecule has 3 aromatic rings. The van der Waals surface area contributed by atoms with Gasteiger partial charge in [0.15, 0.2) is 0 Å². The van der Waals surface area contributed by atoms with Crippen molar-refractivity contribution < 1.29 is 9.53 Å². The van der Waals surface area contributed by atoms with Gasteiger partial charge in [-0.05, 0) is 37.6 Å². The minimum atomic E-state index is -0.105. The van der Waals surface area contributed by atoms with Gasteiger partial charge in [0.25, 0.3) is 5.91 Å². The summed E-state index contributed by atoms with van der Waals surface area (Å²) in [6.45, 7) is 4.83. The fourth-order valence-corrected chi connectivity index (χ4v) is 4.26. The summed E-state index contributed by atoms with van der Waals surface area (Å²) in [5.74, 6) is -0.105. The maximum absolute atomic E-state index is 12.4. The van der Waals surface area contributed by atoms with E-state index < -0.39 is 0 Å². The van der Waals surface area contributed by atoms with Gasteiger partial charge in [0, 0.05) is 28.6 Å². The molecule has 8 heteroatoms.